The molecular weight excluding hydrogens is 398 g/mol. The van der Waals surface area contributed by atoms with Crippen LogP contribution in [0.4, 0.5) is 0 Å². The molecule has 0 saturated heterocycles. The molecule has 0 unspecified atom stereocenters. The summed E-state index contributed by atoms with van der Waals surface area (Å²) in [6.07, 6.45) is 10.9. The van der Waals surface area contributed by atoms with Crippen LogP contribution in [0.1, 0.15) is 57.6 Å². The highest BCUT2D eigenvalue weighted by Crippen LogP contribution is 2.47. The average Bonchev–Trinajstić information content (AvgIpc) is 3.24. The van der Waals surface area contributed by atoms with E-state index in [1.165, 1.54) is 16.7 Å². The minimum Gasteiger partial charge on any atom is -0.392 e. The zero-order chi connectivity index (χ0) is 23.3. The topological polar surface area (TPSA) is 49.8 Å². The number of fused-ring (bicyclic) bond motifs is 1. The van der Waals surface area contributed by atoms with Gasteiger partial charge in [0.05, 0.1) is 25.7 Å². The Hall–Kier alpha value is -1.91. The minimum absolute atomic E-state index is 0.119. The maximum absolute atomic E-state index is 12.3. The molecule has 0 aliphatic heterocycles. The number of carbonyl (C=O) groups is 1. The van der Waals surface area contributed by atoms with Crippen molar-refractivity contribution in [3.63, 3.8) is 0 Å². The molecule has 4 atom stereocenters. The van der Waals surface area contributed by atoms with E-state index in [-0.39, 0.29) is 23.5 Å². The fourth-order valence-corrected chi connectivity index (χ4v) is 4.99. The number of ether oxygens (including phenoxy) is 1. The first-order valence-electron chi connectivity index (χ1n) is 12.1. The van der Waals surface area contributed by atoms with Crippen molar-refractivity contribution in [2.75, 3.05) is 20.3 Å². The molecule has 4 nitrogen and oxygen atoms in total. The smallest absolute Gasteiger partial charge is 0.225 e. The van der Waals surface area contributed by atoms with Crippen LogP contribution in [-0.4, -0.2) is 47.8 Å². The first kappa shape index (κ1) is 24.7. The maximum Gasteiger partial charge on any atom is 0.225 e. The first-order valence-corrected chi connectivity index (χ1v) is 12.1. The van der Waals surface area contributed by atoms with E-state index in [2.05, 4.69) is 49.4 Å². The van der Waals surface area contributed by atoms with Gasteiger partial charge in [-0.05, 0) is 76.4 Å². The Kier molecular flexibility index (Phi) is 8.35. The third kappa shape index (κ3) is 6.55. The Morgan fingerprint density at radius 3 is 2.81 bits per heavy atom. The third-order valence-corrected chi connectivity index (χ3v) is 7.12. The largest absolute Gasteiger partial charge is 0.392 e. The minimum atomic E-state index is -0.246. The number of carbonyl (C=O) groups excluding carboxylic acids is 1. The van der Waals surface area contributed by atoms with Crippen molar-refractivity contribution in [2.24, 2.45) is 17.8 Å². The van der Waals surface area contributed by atoms with Gasteiger partial charge < -0.3 is 14.7 Å². The fraction of sp³-hybridized carbons (Fsp3) is 0.607. The molecule has 1 N–H and O–H groups in total. The van der Waals surface area contributed by atoms with Crippen LogP contribution in [-0.2, 0) is 16.0 Å². The van der Waals surface area contributed by atoms with Crippen molar-refractivity contribution in [2.45, 2.75) is 71.4 Å². The maximum atomic E-state index is 12.3. The summed E-state index contributed by atoms with van der Waals surface area (Å²) in [5, 5.41) is 10.6. The molecule has 0 heterocycles. The van der Waals surface area contributed by atoms with E-state index in [1.807, 2.05) is 27.8 Å². The van der Waals surface area contributed by atoms with E-state index in [4.69, 9.17) is 4.74 Å². The average molecular weight is 440 g/mol. The van der Waals surface area contributed by atoms with Gasteiger partial charge in [-0.2, -0.15) is 0 Å². The number of amides is 1. The number of hydrogen-bond acceptors (Lipinski definition) is 3. The molecule has 3 rings (SSSR count). The van der Waals surface area contributed by atoms with Gasteiger partial charge in [0.1, 0.15) is 0 Å². The number of rotatable bonds is 9. The Labute approximate surface area is 194 Å². The molecule has 4 heteroatoms. The van der Waals surface area contributed by atoms with Crippen molar-refractivity contribution in [3.05, 3.63) is 59.2 Å². The highest BCUT2D eigenvalue weighted by atomic mass is 16.5. The number of nitrogens with zero attached hydrogens (tertiary/aromatic N) is 1. The summed E-state index contributed by atoms with van der Waals surface area (Å²) in [6.45, 7) is 9.29. The van der Waals surface area contributed by atoms with Crippen LogP contribution in [0, 0.1) is 24.7 Å². The van der Waals surface area contributed by atoms with E-state index >= 15 is 0 Å². The summed E-state index contributed by atoms with van der Waals surface area (Å²) in [4.78, 5) is 14.0. The highest BCUT2D eigenvalue weighted by molar-refractivity contribution is 5.76. The molecule has 176 valence electrons. The summed E-state index contributed by atoms with van der Waals surface area (Å²) >= 11 is 0. The van der Waals surface area contributed by atoms with Gasteiger partial charge >= 0.3 is 0 Å². The Bertz CT molecular complexity index is 835. The molecule has 1 aromatic rings. The molecule has 0 radical (unpaired) electrons. The van der Waals surface area contributed by atoms with Gasteiger partial charge in [0.25, 0.3) is 0 Å². The summed E-state index contributed by atoms with van der Waals surface area (Å²) in [5.41, 5.74) is 3.83. The van der Waals surface area contributed by atoms with Crippen molar-refractivity contribution >= 4 is 5.91 Å². The number of aryl methyl sites for hydroxylation is 2. The van der Waals surface area contributed by atoms with Gasteiger partial charge in [-0.1, -0.05) is 48.1 Å². The number of aliphatic hydroxyl groups is 1. The number of hydrogen-bond donors (Lipinski definition) is 1. The van der Waals surface area contributed by atoms with Gasteiger partial charge in [-0.25, -0.2) is 0 Å². The molecule has 32 heavy (non-hydrogen) atoms. The van der Waals surface area contributed by atoms with Crippen LogP contribution in [0.15, 0.2) is 48.1 Å². The molecular formula is C28H41NO3. The second-order valence-corrected chi connectivity index (χ2v) is 10.6. The lowest BCUT2D eigenvalue weighted by atomic mass is 9.89. The second-order valence-electron chi connectivity index (χ2n) is 10.6. The zero-order valence-electron chi connectivity index (χ0n) is 20.5. The van der Waals surface area contributed by atoms with Gasteiger partial charge in [0, 0.05) is 18.5 Å². The molecule has 2 aliphatic rings. The van der Waals surface area contributed by atoms with Crippen LogP contribution >= 0.6 is 0 Å². The molecule has 1 aromatic carbocycles. The summed E-state index contributed by atoms with van der Waals surface area (Å²) < 4.78 is 5.84. The van der Waals surface area contributed by atoms with Crippen molar-refractivity contribution < 1.29 is 14.6 Å². The highest BCUT2D eigenvalue weighted by Gasteiger charge is 2.43. The van der Waals surface area contributed by atoms with E-state index in [1.54, 1.807) is 4.90 Å². The monoisotopic (exact) mass is 439 g/mol. The predicted octanol–water partition coefficient (Wildman–Crippen LogP) is 5.09. The lowest BCUT2D eigenvalue weighted by Gasteiger charge is -2.32. The molecule has 1 amide bonds. The van der Waals surface area contributed by atoms with Crippen LogP contribution in [0.2, 0.25) is 0 Å². The van der Waals surface area contributed by atoms with Gasteiger partial charge in [-0.3, -0.25) is 4.79 Å². The summed E-state index contributed by atoms with van der Waals surface area (Å²) in [6, 6.07) is 8.68. The molecule has 2 aliphatic carbocycles. The number of aliphatic hydroxyl groups excluding tert-OH is 1. The van der Waals surface area contributed by atoms with Crippen molar-refractivity contribution in [1.29, 1.82) is 0 Å². The van der Waals surface area contributed by atoms with Gasteiger partial charge in [-0.15, -0.1) is 0 Å². The molecule has 0 spiro atoms. The SMILES string of the molecule is Cc1cccc(CC/C=C/[C@@H]2[C@H]3CC(COCCC(=O)N(C)C(C)(C)C)=C[C@H]3C[C@H]2O)c1. The lowest BCUT2D eigenvalue weighted by molar-refractivity contribution is -0.135. The molecule has 1 fully saturated rings. The van der Waals surface area contributed by atoms with E-state index < -0.39 is 0 Å². The molecule has 0 bridgehead atoms. The van der Waals surface area contributed by atoms with Crippen LogP contribution < -0.4 is 0 Å². The quantitative estimate of drug-likeness (QED) is 0.431. The zero-order valence-corrected chi connectivity index (χ0v) is 20.5. The van der Waals surface area contributed by atoms with Crippen molar-refractivity contribution in [3.8, 4) is 0 Å². The normalized spacial score (nSPS) is 25.2. The van der Waals surface area contributed by atoms with E-state index in [0.29, 0.717) is 31.5 Å². The Morgan fingerprint density at radius 1 is 1.31 bits per heavy atom. The predicted molar refractivity (Wildman–Crippen MR) is 130 cm³/mol. The number of benzene rings is 1. The lowest BCUT2D eigenvalue weighted by Crippen LogP contribution is -2.42. The molecule has 1 saturated carbocycles. The van der Waals surface area contributed by atoms with Crippen LogP contribution in [0.5, 0.6) is 0 Å². The van der Waals surface area contributed by atoms with Crippen LogP contribution in [0.3, 0.4) is 0 Å². The fourth-order valence-electron chi connectivity index (χ4n) is 4.99. The van der Waals surface area contributed by atoms with Crippen molar-refractivity contribution in [1.82, 2.24) is 4.90 Å². The summed E-state index contributed by atoms with van der Waals surface area (Å²) in [7, 11) is 1.85. The summed E-state index contributed by atoms with van der Waals surface area (Å²) in [5.74, 6) is 1.28. The van der Waals surface area contributed by atoms with Crippen LogP contribution in [0.25, 0.3) is 0 Å². The van der Waals surface area contributed by atoms with E-state index in [0.717, 1.165) is 25.7 Å². The Morgan fingerprint density at radius 2 is 2.09 bits per heavy atom. The third-order valence-electron chi connectivity index (χ3n) is 7.12. The Balaban J connectivity index is 1.41. The second kappa shape index (κ2) is 10.8. The van der Waals surface area contributed by atoms with Gasteiger partial charge in [0.15, 0.2) is 0 Å². The van der Waals surface area contributed by atoms with E-state index in [9.17, 15) is 9.90 Å². The first-order chi connectivity index (χ1) is 15.1. The van der Waals surface area contributed by atoms with Gasteiger partial charge in [0.2, 0.25) is 5.91 Å². The number of allylic oxidation sites excluding steroid dienone is 2. The standard InChI is InChI=1S/C28H41NO3/c1-20-9-8-11-21(15-20)10-6-7-12-24-25-17-22(16-23(25)18-26(24)30)19-32-14-13-27(31)29(5)28(2,3)4/h7-9,11-12,15-16,23-26,30H,6,10,13-14,17-19H2,1-5H3/b12-7+/t23-,24+,25-,26+/m0/s1. The molecule has 0 aromatic heterocycles.